The summed E-state index contributed by atoms with van der Waals surface area (Å²) in [6.45, 7) is 9.64. The Morgan fingerprint density at radius 2 is 1.76 bits per heavy atom. The third-order valence-corrected chi connectivity index (χ3v) is 3.10. The van der Waals surface area contributed by atoms with E-state index in [1.54, 1.807) is 0 Å². The number of hydrogen-bond acceptors (Lipinski definition) is 1. The summed E-state index contributed by atoms with van der Waals surface area (Å²) in [5.74, 6) is 1.06. The van der Waals surface area contributed by atoms with E-state index in [2.05, 4.69) is 54.6 Å². The largest absolute Gasteiger partial charge is 0.331 e. The van der Waals surface area contributed by atoms with Gasteiger partial charge < -0.3 is 4.57 Å². The van der Waals surface area contributed by atoms with E-state index >= 15 is 0 Å². The van der Waals surface area contributed by atoms with Gasteiger partial charge >= 0.3 is 0 Å². The van der Waals surface area contributed by atoms with Crippen molar-refractivity contribution in [1.82, 2.24) is 9.55 Å². The Labute approximate surface area is 103 Å². The average Bonchev–Trinajstić information content (AvgIpc) is 2.64. The fourth-order valence-corrected chi connectivity index (χ4v) is 1.88. The maximum absolute atomic E-state index is 4.23. The van der Waals surface area contributed by atoms with E-state index in [1.807, 2.05) is 19.3 Å². The number of hydrogen-bond donors (Lipinski definition) is 0. The number of benzene rings is 1. The van der Waals surface area contributed by atoms with Crippen molar-refractivity contribution in [3.63, 3.8) is 0 Å². The normalized spacial score (nSPS) is 11.8. The Hall–Kier alpha value is -1.57. The van der Waals surface area contributed by atoms with Crippen LogP contribution in [0.4, 0.5) is 0 Å². The molecule has 0 aliphatic carbocycles. The van der Waals surface area contributed by atoms with E-state index in [0.29, 0.717) is 0 Å². The minimum atomic E-state index is 0.226. The first-order valence-corrected chi connectivity index (χ1v) is 6.04. The van der Waals surface area contributed by atoms with Gasteiger partial charge in [0.2, 0.25) is 0 Å². The molecule has 2 aromatic rings. The van der Waals surface area contributed by atoms with Crippen LogP contribution in [0.3, 0.4) is 0 Å². The number of rotatable bonds is 2. The van der Waals surface area contributed by atoms with Crippen LogP contribution in [0.1, 0.15) is 37.7 Å². The first-order valence-electron chi connectivity index (χ1n) is 6.04. The second-order valence-electron chi connectivity index (χ2n) is 5.55. The van der Waals surface area contributed by atoms with E-state index in [9.17, 15) is 0 Å². The lowest BCUT2D eigenvalue weighted by atomic mass is 9.87. The van der Waals surface area contributed by atoms with Gasteiger partial charge in [0.25, 0.3) is 0 Å². The highest BCUT2D eigenvalue weighted by atomic mass is 15.0. The highest BCUT2D eigenvalue weighted by molar-refractivity contribution is 5.27. The molecule has 0 saturated heterocycles. The molecule has 2 rings (SSSR count). The summed E-state index contributed by atoms with van der Waals surface area (Å²) in [7, 11) is 0. The van der Waals surface area contributed by atoms with Gasteiger partial charge in [-0.3, -0.25) is 0 Å². The summed E-state index contributed by atoms with van der Waals surface area (Å²) in [5, 5.41) is 0. The molecule has 1 aromatic heterocycles. The molecule has 2 heteroatoms. The summed E-state index contributed by atoms with van der Waals surface area (Å²) in [6.07, 6.45) is 3.87. The lowest BCUT2D eigenvalue weighted by molar-refractivity contribution is 0.589. The van der Waals surface area contributed by atoms with Crippen molar-refractivity contribution in [3.8, 4) is 0 Å². The Kier molecular flexibility index (Phi) is 3.05. The van der Waals surface area contributed by atoms with Crippen molar-refractivity contribution in [3.05, 3.63) is 53.6 Å². The highest BCUT2D eigenvalue weighted by Crippen LogP contribution is 2.22. The van der Waals surface area contributed by atoms with Gasteiger partial charge in [-0.1, -0.05) is 45.0 Å². The fraction of sp³-hybridized carbons (Fsp3) is 0.400. The van der Waals surface area contributed by atoms with Crippen molar-refractivity contribution < 1.29 is 0 Å². The Balaban J connectivity index is 2.17. The van der Waals surface area contributed by atoms with Crippen LogP contribution in [0, 0.1) is 6.92 Å². The molecule has 0 fully saturated rings. The zero-order valence-corrected chi connectivity index (χ0v) is 11.1. The fourth-order valence-electron chi connectivity index (χ4n) is 1.88. The maximum atomic E-state index is 4.23. The third-order valence-electron chi connectivity index (χ3n) is 3.10. The number of aromatic nitrogens is 2. The molecule has 0 aliphatic heterocycles. The molecule has 0 atom stereocenters. The molecule has 1 heterocycles. The van der Waals surface area contributed by atoms with Crippen molar-refractivity contribution in [2.24, 2.45) is 0 Å². The SMILES string of the molecule is Cc1nccn1Cc1ccc(C(C)(C)C)cc1. The summed E-state index contributed by atoms with van der Waals surface area (Å²) < 4.78 is 2.16. The van der Waals surface area contributed by atoms with E-state index < -0.39 is 0 Å². The van der Waals surface area contributed by atoms with Gasteiger partial charge in [0.15, 0.2) is 0 Å². The van der Waals surface area contributed by atoms with Crippen LogP contribution in [0.15, 0.2) is 36.7 Å². The number of nitrogens with zero attached hydrogens (tertiary/aromatic N) is 2. The van der Waals surface area contributed by atoms with Crippen LogP contribution in [-0.2, 0) is 12.0 Å². The minimum absolute atomic E-state index is 0.226. The van der Waals surface area contributed by atoms with Crippen molar-refractivity contribution >= 4 is 0 Å². The molecule has 17 heavy (non-hydrogen) atoms. The van der Waals surface area contributed by atoms with E-state index in [1.165, 1.54) is 11.1 Å². The zero-order valence-electron chi connectivity index (χ0n) is 11.1. The highest BCUT2D eigenvalue weighted by Gasteiger charge is 2.12. The standard InChI is InChI=1S/C15H20N2/c1-12-16-9-10-17(12)11-13-5-7-14(8-6-13)15(2,3)4/h5-10H,11H2,1-4H3. The number of imidazole rings is 1. The molecule has 1 aromatic carbocycles. The molecule has 0 aliphatic rings. The quantitative estimate of drug-likeness (QED) is 0.768. The molecule has 90 valence electrons. The van der Waals surface area contributed by atoms with Crippen molar-refractivity contribution in [1.29, 1.82) is 0 Å². The second-order valence-corrected chi connectivity index (χ2v) is 5.55. The van der Waals surface area contributed by atoms with Gasteiger partial charge in [0.1, 0.15) is 5.82 Å². The monoisotopic (exact) mass is 228 g/mol. The molecular weight excluding hydrogens is 208 g/mol. The van der Waals surface area contributed by atoms with E-state index in [0.717, 1.165) is 12.4 Å². The minimum Gasteiger partial charge on any atom is -0.331 e. The van der Waals surface area contributed by atoms with Crippen LogP contribution in [-0.4, -0.2) is 9.55 Å². The zero-order chi connectivity index (χ0) is 12.5. The first kappa shape index (κ1) is 11.9. The maximum Gasteiger partial charge on any atom is 0.105 e. The first-order chi connectivity index (χ1) is 7.97. The topological polar surface area (TPSA) is 17.8 Å². The predicted molar refractivity (Wildman–Crippen MR) is 71.2 cm³/mol. The van der Waals surface area contributed by atoms with Gasteiger partial charge in [-0.15, -0.1) is 0 Å². The predicted octanol–water partition coefficient (Wildman–Crippen LogP) is 3.54. The summed E-state index contributed by atoms with van der Waals surface area (Å²) in [6, 6.07) is 8.86. The van der Waals surface area contributed by atoms with Crippen molar-refractivity contribution in [2.45, 2.75) is 39.7 Å². The molecule has 0 amide bonds. The Morgan fingerprint density at radius 1 is 1.12 bits per heavy atom. The lowest BCUT2D eigenvalue weighted by Crippen LogP contribution is -2.11. The molecule has 0 bridgehead atoms. The molecule has 0 saturated carbocycles. The molecule has 0 N–H and O–H groups in total. The Bertz CT molecular complexity index is 486. The van der Waals surface area contributed by atoms with Crippen LogP contribution >= 0.6 is 0 Å². The van der Waals surface area contributed by atoms with Crippen LogP contribution in [0.2, 0.25) is 0 Å². The van der Waals surface area contributed by atoms with E-state index in [4.69, 9.17) is 0 Å². The number of aryl methyl sites for hydroxylation is 1. The summed E-state index contributed by atoms with van der Waals surface area (Å²) in [5.41, 5.74) is 2.92. The lowest BCUT2D eigenvalue weighted by Gasteiger charge is -2.19. The molecular formula is C15H20N2. The summed E-state index contributed by atoms with van der Waals surface area (Å²) in [4.78, 5) is 4.23. The van der Waals surface area contributed by atoms with E-state index in [-0.39, 0.29) is 5.41 Å². The van der Waals surface area contributed by atoms with Gasteiger partial charge in [-0.2, -0.15) is 0 Å². The average molecular weight is 228 g/mol. The third kappa shape index (κ3) is 2.76. The van der Waals surface area contributed by atoms with Gasteiger partial charge in [-0.25, -0.2) is 4.98 Å². The molecule has 0 radical (unpaired) electrons. The van der Waals surface area contributed by atoms with Crippen LogP contribution < -0.4 is 0 Å². The summed E-state index contributed by atoms with van der Waals surface area (Å²) >= 11 is 0. The van der Waals surface area contributed by atoms with Gasteiger partial charge in [-0.05, 0) is 23.5 Å². The van der Waals surface area contributed by atoms with Crippen molar-refractivity contribution in [2.75, 3.05) is 0 Å². The molecule has 0 unspecified atom stereocenters. The smallest absolute Gasteiger partial charge is 0.105 e. The van der Waals surface area contributed by atoms with Crippen LogP contribution in [0.25, 0.3) is 0 Å². The molecule has 0 spiro atoms. The molecule has 2 nitrogen and oxygen atoms in total. The van der Waals surface area contributed by atoms with Gasteiger partial charge in [0, 0.05) is 18.9 Å². The Morgan fingerprint density at radius 3 is 2.24 bits per heavy atom. The van der Waals surface area contributed by atoms with Crippen LogP contribution in [0.5, 0.6) is 0 Å². The second kappa shape index (κ2) is 4.36. The van der Waals surface area contributed by atoms with Gasteiger partial charge in [0.05, 0.1) is 0 Å².